The fraction of sp³-hybridized carbons (Fsp3) is 0.935. The molecule has 4 aliphatic rings. The van der Waals surface area contributed by atoms with Crippen LogP contribution >= 0.6 is 0 Å². The van der Waals surface area contributed by atoms with E-state index >= 15 is 0 Å². The van der Waals surface area contributed by atoms with Gasteiger partial charge in [0.15, 0.2) is 0 Å². The third-order valence-electron chi connectivity index (χ3n) is 12.1. The van der Waals surface area contributed by atoms with Gasteiger partial charge in [0, 0.05) is 5.41 Å². The van der Waals surface area contributed by atoms with Gasteiger partial charge in [-0.2, -0.15) is 0 Å². The third kappa shape index (κ3) is 3.76. The van der Waals surface area contributed by atoms with Crippen molar-refractivity contribution in [1.29, 1.82) is 0 Å². The SMILES string of the molecule is CCC(CCC(C)C1CCC2C3CC=C4C(C)(C)C(O)CCC4(C)C3CCC12C)C(C)C. The van der Waals surface area contributed by atoms with Gasteiger partial charge in [-0.05, 0) is 104 Å². The molecule has 0 radical (unpaired) electrons. The molecule has 32 heavy (non-hydrogen) atoms. The summed E-state index contributed by atoms with van der Waals surface area (Å²) in [5.74, 6) is 6.19. The van der Waals surface area contributed by atoms with Crippen LogP contribution in [0.15, 0.2) is 11.6 Å². The Labute approximate surface area is 200 Å². The number of hydrogen-bond acceptors (Lipinski definition) is 1. The van der Waals surface area contributed by atoms with Crippen LogP contribution in [0.2, 0.25) is 0 Å². The van der Waals surface area contributed by atoms with E-state index in [-0.39, 0.29) is 11.5 Å². The number of hydrogen-bond donors (Lipinski definition) is 1. The molecule has 4 aliphatic carbocycles. The highest BCUT2D eigenvalue weighted by atomic mass is 16.3. The molecule has 0 heterocycles. The molecule has 0 aliphatic heterocycles. The summed E-state index contributed by atoms with van der Waals surface area (Å²) in [6.45, 7) is 19.7. The van der Waals surface area contributed by atoms with Crippen molar-refractivity contribution in [2.75, 3.05) is 0 Å². The first-order valence-electron chi connectivity index (χ1n) is 14.4. The summed E-state index contributed by atoms with van der Waals surface area (Å²) in [5.41, 5.74) is 2.45. The van der Waals surface area contributed by atoms with E-state index in [1.54, 1.807) is 5.57 Å². The van der Waals surface area contributed by atoms with E-state index in [0.717, 1.165) is 47.8 Å². The summed E-state index contributed by atoms with van der Waals surface area (Å²) in [4.78, 5) is 0. The second-order valence-corrected chi connectivity index (χ2v) is 14.1. The van der Waals surface area contributed by atoms with E-state index in [1.165, 1.54) is 57.8 Å². The van der Waals surface area contributed by atoms with Crippen LogP contribution in [0, 0.1) is 57.7 Å². The molecular formula is C31H54O. The topological polar surface area (TPSA) is 20.2 Å². The van der Waals surface area contributed by atoms with Crippen LogP contribution in [0.25, 0.3) is 0 Å². The fourth-order valence-corrected chi connectivity index (χ4v) is 10.1. The zero-order chi connectivity index (χ0) is 23.5. The van der Waals surface area contributed by atoms with Crippen LogP contribution < -0.4 is 0 Å². The van der Waals surface area contributed by atoms with Crippen molar-refractivity contribution < 1.29 is 5.11 Å². The van der Waals surface area contributed by atoms with E-state index in [0.29, 0.717) is 10.8 Å². The molecule has 9 atom stereocenters. The molecule has 0 amide bonds. The first kappa shape index (κ1) is 24.8. The highest BCUT2D eigenvalue weighted by molar-refractivity contribution is 5.31. The van der Waals surface area contributed by atoms with Crippen molar-refractivity contribution in [3.05, 3.63) is 11.6 Å². The normalized spacial score (nSPS) is 44.9. The van der Waals surface area contributed by atoms with Crippen molar-refractivity contribution >= 4 is 0 Å². The van der Waals surface area contributed by atoms with Gasteiger partial charge in [0.1, 0.15) is 0 Å². The minimum absolute atomic E-state index is 0.0440. The minimum atomic E-state index is -0.165. The van der Waals surface area contributed by atoms with Gasteiger partial charge >= 0.3 is 0 Å². The third-order valence-corrected chi connectivity index (χ3v) is 12.1. The highest BCUT2D eigenvalue weighted by Crippen LogP contribution is 2.69. The number of aliphatic hydroxyl groups is 1. The summed E-state index contributed by atoms with van der Waals surface area (Å²) in [5, 5.41) is 10.8. The maximum Gasteiger partial charge on any atom is 0.0628 e. The molecule has 0 spiro atoms. The maximum absolute atomic E-state index is 10.8. The molecular weight excluding hydrogens is 388 g/mol. The van der Waals surface area contributed by atoms with Crippen LogP contribution in [-0.4, -0.2) is 11.2 Å². The molecule has 1 N–H and O–H groups in total. The molecule has 1 heteroatoms. The second-order valence-electron chi connectivity index (χ2n) is 14.1. The molecule has 184 valence electrons. The van der Waals surface area contributed by atoms with Gasteiger partial charge in [-0.3, -0.25) is 0 Å². The maximum atomic E-state index is 10.8. The van der Waals surface area contributed by atoms with E-state index < -0.39 is 0 Å². The Hall–Kier alpha value is -0.300. The van der Waals surface area contributed by atoms with Gasteiger partial charge < -0.3 is 5.11 Å². The Morgan fingerprint density at radius 2 is 1.66 bits per heavy atom. The molecule has 3 saturated carbocycles. The number of rotatable bonds is 6. The molecule has 1 nitrogen and oxygen atoms in total. The Bertz CT molecular complexity index is 703. The van der Waals surface area contributed by atoms with E-state index in [2.05, 4.69) is 61.5 Å². The summed E-state index contributed by atoms with van der Waals surface area (Å²) >= 11 is 0. The first-order valence-corrected chi connectivity index (χ1v) is 14.4. The largest absolute Gasteiger partial charge is 0.392 e. The van der Waals surface area contributed by atoms with Crippen LogP contribution in [0.1, 0.15) is 120 Å². The number of allylic oxidation sites excluding steroid dienone is 1. The molecule has 0 bridgehead atoms. The monoisotopic (exact) mass is 442 g/mol. The van der Waals surface area contributed by atoms with Gasteiger partial charge in [-0.15, -0.1) is 0 Å². The van der Waals surface area contributed by atoms with Gasteiger partial charge in [-0.1, -0.05) is 79.9 Å². The molecule has 3 fully saturated rings. The smallest absolute Gasteiger partial charge is 0.0628 e. The fourth-order valence-electron chi connectivity index (χ4n) is 10.1. The lowest BCUT2D eigenvalue weighted by molar-refractivity contribution is -0.0783. The summed E-state index contributed by atoms with van der Waals surface area (Å²) in [7, 11) is 0. The molecule has 0 aromatic heterocycles. The van der Waals surface area contributed by atoms with E-state index in [1.807, 2.05) is 0 Å². The lowest BCUT2D eigenvalue weighted by Gasteiger charge is -2.61. The van der Waals surface area contributed by atoms with Crippen molar-refractivity contribution in [2.45, 2.75) is 126 Å². The van der Waals surface area contributed by atoms with Gasteiger partial charge in [0.25, 0.3) is 0 Å². The van der Waals surface area contributed by atoms with Crippen molar-refractivity contribution in [1.82, 2.24) is 0 Å². The summed E-state index contributed by atoms with van der Waals surface area (Å²) in [6, 6.07) is 0. The quantitative estimate of drug-likeness (QED) is 0.408. The molecule has 0 aromatic rings. The number of fused-ring (bicyclic) bond motifs is 5. The predicted molar refractivity (Wildman–Crippen MR) is 137 cm³/mol. The predicted octanol–water partition coefficient (Wildman–Crippen LogP) is 8.66. The Morgan fingerprint density at radius 3 is 2.31 bits per heavy atom. The minimum Gasteiger partial charge on any atom is -0.392 e. The summed E-state index contributed by atoms with van der Waals surface area (Å²) < 4.78 is 0. The number of aliphatic hydroxyl groups excluding tert-OH is 1. The molecule has 4 rings (SSSR count). The zero-order valence-electron chi connectivity index (χ0n) is 22.7. The Morgan fingerprint density at radius 1 is 0.938 bits per heavy atom. The molecule has 9 unspecified atom stereocenters. The molecule has 0 saturated heterocycles. The average molecular weight is 443 g/mol. The first-order chi connectivity index (χ1) is 15.0. The van der Waals surface area contributed by atoms with E-state index in [4.69, 9.17) is 0 Å². The second kappa shape index (κ2) is 8.73. The van der Waals surface area contributed by atoms with Gasteiger partial charge in [0.2, 0.25) is 0 Å². The van der Waals surface area contributed by atoms with E-state index in [9.17, 15) is 5.11 Å². The van der Waals surface area contributed by atoms with Crippen LogP contribution in [0.3, 0.4) is 0 Å². The lowest BCUT2D eigenvalue weighted by atomic mass is 9.44. The van der Waals surface area contributed by atoms with Crippen molar-refractivity contribution in [2.24, 2.45) is 57.7 Å². The molecule has 0 aromatic carbocycles. The standard InChI is InChI=1S/C31H54O/c1-9-22(20(2)3)11-10-21(4)24-13-14-25-23-12-15-27-29(5,6)28(32)17-19-31(27,8)26(23)16-18-30(24,25)7/h15,20-26,28,32H,9-14,16-19H2,1-8H3. The zero-order valence-corrected chi connectivity index (χ0v) is 22.7. The highest BCUT2D eigenvalue weighted by Gasteiger charge is 2.61. The average Bonchev–Trinajstić information content (AvgIpc) is 3.08. The Kier molecular flexibility index (Phi) is 6.77. The lowest BCUT2D eigenvalue weighted by Crippen LogP contribution is -2.54. The van der Waals surface area contributed by atoms with Crippen molar-refractivity contribution in [3.63, 3.8) is 0 Å². The van der Waals surface area contributed by atoms with Crippen molar-refractivity contribution in [3.8, 4) is 0 Å². The summed E-state index contributed by atoms with van der Waals surface area (Å²) in [6.07, 6.45) is 15.9. The van der Waals surface area contributed by atoms with Crippen LogP contribution in [-0.2, 0) is 0 Å². The van der Waals surface area contributed by atoms with Gasteiger partial charge in [0.05, 0.1) is 6.10 Å². The van der Waals surface area contributed by atoms with Crippen LogP contribution in [0.4, 0.5) is 0 Å². The van der Waals surface area contributed by atoms with Gasteiger partial charge in [-0.25, -0.2) is 0 Å². The van der Waals surface area contributed by atoms with Crippen LogP contribution in [0.5, 0.6) is 0 Å². The Balaban J connectivity index is 1.52.